The van der Waals surface area contributed by atoms with Gasteiger partial charge in [-0.05, 0) is 135 Å². The van der Waals surface area contributed by atoms with Crippen molar-refractivity contribution in [3.05, 3.63) is 162 Å². The maximum Gasteiger partial charge on any atom is 0.0775 e. The molecule has 0 aliphatic heterocycles. The molecule has 2 aliphatic carbocycles. The van der Waals surface area contributed by atoms with Crippen LogP contribution in [0.1, 0.15) is 22.3 Å². The van der Waals surface area contributed by atoms with E-state index in [4.69, 9.17) is 0 Å². The summed E-state index contributed by atoms with van der Waals surface area (Å²) >= 11 is 0. The van der Waals surface area contributed by atoms with E-state index in [9.17, 15) is 0 Å². The van der Waals surface area contributed by atoms with Gasteiger partial charge in [-0.1, -0.05) is 147 Å². The average molecular weight is 720 g/mol. The molecule has 0 bridgehead atoms. The number of rotatable bonds is 7. The van der Waals surface area contributed by atoms with E-state index in [-0.39, 0.29) is 0 Å². The lowest BCUT2D eigenvalue weighted by Crippen LogP contribution is -2.37. The second-order valence-corrected chi connectivity index (χ2v) is 27.5. The van der Waals surface area contributed by atoms with Gasteiger partial charge in [0.2, 0.25) is 0 Å². The molecule has 0 atom stereocenters. The highest BCUT2D eigenvalue weighted by atomic mass is 28.3. The number of anilines is 3. The third kappa shape index (κ3) is 6.30. The Morgan fingerprint density at radius 1 is 0.358 bits per heavy atom. The van der Waals surface area contributed by atoms with Gasteiger partial charge in [-0.15, -0.1) is 0 Å². The smallest absolute Gasteiger partial charge is 0.0775 e. The normalized spacial score (nSPS) is 13.5. The van der Waals surface area contributed by atoms with Crippen molar-refractivity contribution in [2.75, 3.05) is 4.90 Å². The summed E-state index contributed by atoms with van der Waals surface area (Å²) in [6.45, 7) is 14.5. The van der Waals surface area contributed by atoms with E-state index in [2.05, 4.69) is 184 Å². The van der Waals surface area contributed by atoms with Crippen LogP contribution in [0.5, 0.6) is 0 Å². The predicted octanol–water partition coefficient (Wildman–Crippen LogP) is 12.6. The topological polar surface area (TPSA) is 3.24 Å². The zero-order valence-corrected chi connectivity index (χ0v) is 34.1. The number of aryl methyl sites for hydroxylation is 4. The number of hydrogen-bond acceptors (Lipinski definition) is 1. The summed E-state index contributed by atoms with van der Waals surface area (Å²) in [5.41, 5.74) is 18.0. The van der Waals surface area contributed by atoms with E-state index in [1.54, 1.807) is 0 Å². The molecule has 0 fully saturated rings. The van der Waals surface area contributed by atoms with Gasteiger partial charge < -0.3 is 4.90 Å². The predicted molar refractivity (Wildman–Crippen MR) is 236 cm³/mol. The second-order valence-electron chi connectivity index (χ2n) is 17.4. The Bertz CT molecular complexity index is 2390. The highest BCUT2D eigenvalue weighted by molar-refractivity contribution is 6.89. The lowest BCUT2D eigenvalue weighted by Gasteiger charge is -2.31. The van der Waals surface area contributed by atoms with Gasteiger partial charge in [0, 0.05) is 17.1 Å². The Hall–Kier alpha value is -4.97. The minimum atomic E-state index is -1.40. The Kier molecular flexibility index (Phi) is 8.21. The van der Waals surface area contributed by atoms with Gasteiger partial charge in [0.05, 0.1) is 16.1 Å². The van der Waals surface area contributed by atoms with Crippen LogP contribution < -0.4 is 15.3 Å². The van der Waals surface area contributed by atoms with Gasteiger partial charge in [0.1, 0.15) is 0 Å². The maximum atomic E-state index is 2.49. The molecule has 2 aliphatic rings. The molecule has 0 unspecified atom stereocenters. The number of benzene rings is 7. The summed E-state index contributed by atoms with van der Waals surface area (Å²) in [7, 11) is -2.79. The first-order valence-electron chi connectivity index (χ1n) is 19.4. The lowest BCUT2D eigenvalue weighted by molar-refractivity contribution is 0.878. The minimum Gasteiger partial charge on any atom is -0.311 e. The monoisotopic (exact) mass is 719 g/mol. The molecular formula is C50H49NSi2. The number of nitrogens with zero attached hydrogens (tertiary/aromatic N) is 1. The van der Waals surface area contributed by atoms with Gasteiger partial charge in [-0.25, -0.2) is 0 Å². The molecule has 0 amide bonds. The van der Waals surface area contributed by atoms with E-state index in [0.29, 0.717) is 0 Å². The molecule has 9 rings (SSSR count). The van der Waals surface area contributed by atoms with E-state index in [1.165, 1.54) is 93.8 Å². The van der Waals surface area contributed by atoms with Crippen LogP contribution in [0.4, 0.5) is 17.1 Å². The van der Waals surface area contributed by atoms with E-state index < -0.39 is 16.1 Å². The molecule has 1 nitrogen and oxygen atoms in total. The van der Waals surface area contributed by atoms with Crippen molar-refractivity contribution < 1.29 is 0 Å². The van der Waals surface area contributed by atoms with Crippen molar-refractivity contribution in [2.45, 2.75) is 65.0 Å². The largest absolute Gasteiger partial charge is 0.311 e. The van der Waals surface area contributed by atoms with Crippen LogP contribution in [0.25, 0.3) is 44.2 Å². The molecule has 0 aromatic heterocycles. The van der Waals surface area contributed by atoms with Crippen LogP contribution in [0, 0.1) is 0 Å². The first-order chi connectivity index (χ1) is 25.5. The molecule has 0 spiro atoms. The highest BCUT2D eigenvalue weighted by Gasteiger charge is 2.27. The lowest BCUT2D eigenvalue weighted by atomic mass is 9.73. The standard InChI is InChI=1S/C50H49NSi2/c1-52(2,3)47-25-21-45(22-26-47)51(46-23-27-48(28-24-46)53(4,5)6)44-19-17-35(18-20-44)42-30-38-13-15-40-32-43(33-41-16-14-39(31-42)49(38)50(40)41)37-12-11-34-9-7-8-10-36(34)29-37/h7-12,17-33H,13-16H2,1-6H3. The van der Waals surface area contributed by atoms with Gasteiger partial charge in [0.15, 0.2) is 0 Å². The minimum absolute atomic E-state index is 1.09. The molecule has 0 saturated carbocycles. The third-order valence-corrected chi connectivity index (χ3v) is 15.8. The Balaban J connectivity index is 1.05. The maximum absolute atomic E-state index is 2.49. The highest BCUT2D eigenvalue weighted by Crippen LogP contribution is 2.46. The van der Waals surface area contributed by atoms with E-state index in [1.807, 2.05) is 0 Å². The molecule has 262 valence electrons. The fraction of sp³-hybridized carbons (Fsp3) is 0.200. The summed E-state index contributed by atoms with van der Waals surface area (Å²) in [5.74, 6) is 0. The Labute approximate surface area is 318 Å². The molecule has 0 heterocycles. The third-order valence-electron chi connectivity index (χ3n) is 11.7. The molecule has 3 heteroatoms. The van der Waals surface area contributed by atoms with E-state index >= 15 is 0 Å². The fourth-order valence-electron chi connectivity index (χ4n) is 8.68. The summed E-state index contributed by atoms with van der Waals surface area (Å²) in [4.78, 5) is 2.42. The van der Waals surface area contributed by atoms with Gasteiger partial charge in [-0.3, -0.25) is 0 Å². The van der Waals surface area contributed by atoms with Crippen LogP contribution in [-0.2, 0) is 25.7 Å². The van der Waals surface area contributed by atoms with Gasteiger partial charge in [0.25, 0.3) is 0 Å². The molecule has 7 aromatic carbocycles. The van der Waals surface area contributed by atoms with Gasteiger partial charge in [-0.2, -0.15) is 0 Å². The van der Waals surface area contributed by atoms with Crippen LogP contribution in [0.15, 0.2) is 140 Å². The first kappa shape index (κ1) is 33.8. The molecule has 0 radical (unpaired) electrons. The van der Waals surface area contributed by atoms with Crippen molar-refractivity contribution in [1.29, 1.82) is 0 Å². The van der Waals surface area contributed by atoms with Crippen LogP contribution in [0.3, 0.4) is 0 Å². The van der Waals surface area contributed by atoms with Crippen LogP contribution in [-0.4, -0.2) is 16.1 Å². The molecule has 53 heavy (non-hydrogen) atoms. The SMILES string of the molecule is C[Si](C)(C)c1ccc(N(c2ccc(-c3cc4c5c(c3)CCc3cc(-c6ccc7ccccc7c6)cc(c3-5)CC4)cc2)c2ccc([Si](C)(C)C)cc2)cc1. The summed E-state index contributed by atoms with van der Waals surface area (Å²) < 4.78 is 0. The van der Waals surface area contributed by atoms with Crippen molar-refractivity contribution in [3.8, 4) is 33.4 Å². The van der Waals surface area contributed by atoms with Crippen molar-refractivity contribution in [2.24, 2.45) is 0 Å². The summed E-state index contributed by atoms with van der Waals surface area (Å²) in [6, 6.07) is 53.6. The number of hydrogen-bond donors (Lipinski definition) is 0. The summed E-state index contributed by atoms with van der Waals surface area (Å²) in [5, 5.41) is 5.59. The summed E-state index contributed by atoms with van der Waals surface area (Å²) in [6.07, 6.45) is 4.38. The molecule has 0 saturated heterocycles. The van der Waals surface area contributed by atoms with Crippen molar-refractivity contribution in [1.82, 2.24) is 0 Å². The molecular weight excluding hydrogens is 671 g/mol. The van der Waals surface area contributed by atoms with Crippen molar-refractivity contribution in [3.63, 3.8) is 0 Å². The molecule has 0 N–H and O–H groups in total. The van der Waals surface area contributed by atoms with Crippen LogP contribution >= 0.6 is 0 Å². The van der Waals surface area contributed by atoms with E-state index in [0.717, 1.165) is 25.7 Å². The number of fused-ring (bicyclic) bond motifs is 1. The zero-order chi connectivity index (χ0) is 36.5. The zero-order valence-electron chi connectivity index (χ0n) is 32.1. The van der Waals surface area contributed by atoms with Crippen molar-refractivity contribution >= 4 is 54.4 Å². The first-order valence-corrected chi connectivity index (χ1v) is 26.4. The Morgan fingerprint density at radius 2 is 0.736 bits per heavy atom. The average Bonchev–Trinajstić information content (AvgIpc) is 3.16. The molecule has 7 aromatic rings. The van der Waals surface area contributed by atoms with Gasteiger partial charge >= 0.3 is 0 Å². The second kappa shape index (κ2) is 12.9. The Morgan fingerprint density at radius 3 is 1.17 bits per heavy atom. The fourth-order valence-corrected chi connectivity index (χ4v) is 11.0. The quantitative estimate of drug-likeness (QED) is 0.148. The van der Waals surface area contributed by atoms with Crippen LogP contribution in [0.2, 0.25) is 39.3 Å².